The lowest BCUT2D eigenvalue weighted by molar-refractivity contribution is -0.185. The number of aliphatic hydroxyl groups is 1. The smallest absolute Gasteiger partial charge is 0.343 e. The average Bonchev–Trinajstić information content (AvgIpc) is 3.53. The van der Waals surface area contributed by atoms with Crippen LogP contribution in [0.1, 0.15) is 30.5 Å². The molecule has 1 N–H and O–H groups in total. The lowest BCUT2D eigenvalue weighted by atomic mass is 9.87. The van der Waals surface area contributed by atoms with Crippen molar-refractivity contribution >= 4 is 40.3 Å². The van der Waals surface area contributed by atoms with Gasteiger partial charge in [0.1, 0.15) is 28.3 Å². The van der Waals surface area contributed by atoms with E-state index in [1.807, 2.05) is 13.8 Å². The molecule has 11 heteroatoms. The molecule has 1 aliphatic heterocycles. The van der Waals surface area contributed by atoms with Crippen molar-refractivity contribution in [3.8, 4) is 17.2 Å². The molecule has 0 fully saturated rings. The van der Waals surface area contributed by atoms with E-state index in [4.69, 9.17) is 23.7 Å². The van der Waals surface area contributed by atoms with Crippen LogP contribution in [-0.2, 0) is 31.3 Å². The topological polar surface area (TPSA) is 126 Å². The predicted octanol–water partition coefficient (Wildman–Crippen LogP) is 4.44. The van der Waals surface area contributed by atoms with Gasteiger partial charge in [-0.25, -0.2) is 9.59 Å². The van der Waals surface area contributed by atoms with Crippen molar-refractivity contribution in [3.63, 3.8) is 0 Å². The van der Waals surface area contributed by atoms with E-state index in [1.165, 1.54) is 14.2 Å². The second-order valence-corrected chi connectivity index (χ2v) is 10.1. The Morgan fingerprint density at radius 3 is 2.44 bits per heavy atom. The van der Waals surface area contributed by atoms with Crippen molar-refractivity contribution in [2.75, 3.05) is 20.8 Å². The molecule has 4 aromatic rings. The van der Waals surface area contributed by atoms with Crippen LogP contribution in [0.5, 0.6) is 17.2 Å². The third-order valence-electron chi connectivity index (χ3n) is 6.53. The number of methoxy groups -OCH3 is 2. The number of esters is 2. The lowest BCUT2D eigenvalue weighted by Crippen LogP contribution is -2.30. The molecule has 212 valence electrons. The number of hydrogen-bond acceptors (Lipinski definition) is 11. The fourth-order valence-electron chi connectivity index (χ4n) is 4.57. The summed E-state index contributed by atoms with van der Waals surface area (Å²) in [7, 11) is 2.78. The third kappa shape index (κ3) is 5.72. The Morgan fingerprint density at radius 1 is 1.00 bits per heavy atom. The maximum atomic E-state index is 13.5. The summed E-state index contributed by atoms with van der Waals surface area (Å²) in [6.07, 6.45) is -0.000675. The van der Waals surface area contributed by atoms with Crippen LogP contribution >= 0.6 is 11.7 Å². The van der Waals surface area contributed by atoms with E-state index in [2.05, 4.69) is 8.75 Å². The number of ether oxygens (including phenoxy) is 5. The molecule has 1 aromatic heterocycles. The van der Waals surface area contributed by atoms with Gasteiger partial charge in [0, 0.05) is 23.6 Å². The molecule has 0 amide bonds. The number of hydrogen-bond donors (Lipinski definition) is 1. The summed E-state index contributed by atoms with van der Waals surface area (Å²) < 4.78 is 35.8. The van der Waals surface area contributed by atoms with Gasteiger partial charge in [-0.05, 0) is 67.4 Å². The highest BCUT2D eigenvalue weighted by molar-refractivity contribution is 7.00. The number of fused-ring (bicyclic) bond motifs is 1. The van der Waals surface area contributed by atoms with Crippen LogP contribution < -0.4 is 14.2 Å². The molecule has 1 unspecified atom stereocenters. The largest absolute Gasteiger partial charge is 0.497 e. The maximum Gasteiger partial charge on any atom is 0.343 e. The Balaban J connectivity index is 1.64. The number of rotatable bonds is 10. The van der Waals surface area contributed by atoms with Crippen LogP contribution in [-0.4, -0.2) is 52.7 Å². The zero-order chi connectivity index (χ0) is 29.1. The number of aromatic nitrogens is 2. The first-order chi connectivity index (χ1) is 19.7. The van der Waals surface area contributed by atoms with Crippen molar-refractivity contribution in [2.45, 2.75) is 32.2 Å². The van der Waals surface area contributed by atoms with E-state index in [9.17, 15) is 14.7 Å². The molecular formula is C30H28N2O8S. The minimum absolute atomic E-state index is 0.0374. The Kier molecular flexibility index (Phi) is 7.91. The molecule has 0 radical (unpaired) electrons. The van der Waals surface area contributed by atoms with Crippen molar-refractivity contribution < 1.29 is 38.4 Å². The lowest BCUT2D eigenvalue weighted by Gasteiger charge is -2.26. The highest BCUT2D eigenvalue weighted by atomic mass is 32.1. The van der Waals surface area contributed by atoms with Gasteiger partial charge >= 0.3 is 11.9 Å². The Bertz CT molecular complexity index is 1630. The quantitative estimate of drug-likeness (QED) is 0.271. The van der Waals surface area contributed by atoms with Gasteiger partial charge in [0.2, 0.25) is 0 Å². The van der Waals surface area contributed by atoms with E-state index in [0.29, 0.717) is 45.0 Å². The number of benzene rings is 3. The molecule has 1 aliphatic rings. The van der Waals surface area contributed by atoms with Crippen molar-refractivity contribution in [3.05, 3.63) is 82.9 Å². The van der Waals surface area contributed by atoms with Gasteiger partial charge in [-0.3, -0.25) is 0 Å². The van der Waals surface area contributed by atoms with Gasteiger partial charge in [-0.2, -0.15) is 8.75 Å². The molecule has 0 spiro atoms. The second-order valence-electron chi connectivity index (χ2n) is 9.56. The number of cyclic esters (lactones) is 1. The molecule has 0 bridgehead atoms. The summed E-state index contributed by atoms with van der Waals surface area (Å²) in [5, 5.41) is 12.1. The zero-order valence-corrected chi connectivity index (χ0v) is 23.7. The van der Waals surface area contributed by atoms with Crippen LogP contribution in [0.25, 0.3) is 16.6 Å². The first kappa shape index (κ1) is 28.1. The predicted molar refractivity (Wildman–Crippen MR) is 151 cm³/mol. The van der Waals surface area contributed by atoms with E-state index < -0.39 is 17.7 Å². The number of carbonyl (C=O) groups is 2. The molecule has 1 atom stereocenters. The molecule has 5 rings (SSSR count). The Morgan fingerprint density at radius 2 is 1.73 bits per heavy atom. The van der Waals surface area contributed by atoms with Crippen LogP contribution in [0.15, 0.2) is 66.2 Å². The maximum absolute atomic E-state index is 13.5. The minimum atomic E-state index is -2.10. The molecule has 0 aliphatic carbocycles. The third-order valence-corrected chi connectivity index (χ3v) is 7.09. The highest BCUT2D eigenvalue weighted by Crippen LogP contribution is 2.46. The molecule has 41 heavy (non-hydrogen) atoms. The molecular weight excluding hydrogens is 548 g/mol. The van der Waals surface area contributed by atoms with Gasteiger partial charge in [0.05, 0.1) is 37.6 Å². The summed E-state index contributed by atoms with van der Waals surface area (Å²) in [5.41, 5.74) is 3.23. The van der Waals surface area contributed by atoms with Gasteiger partial charge in [0.25, 0.3) is 5.79 Å². The second kappa shape index (κ2) is 11.6. The van der Waals surface area contributed by atoms with E-state index >= 15 is 0 Å². The van der Waals surface area contributed by atoms with E-state index in [1.54, 1.807) is 60.7 Å². The molecule has 0 saturated carbocycles. The SMILES string of the molecule is COC(=O)COc1cc(OC)ccc1CC1=C(c2ccc3nsnc3c2)C(=O)OC1(O)c1ccc(OC(C)C)cc1. The number of carbonyl (C=O) groups excluding carboxylic acids is 2. The van der Waals surface area contributed by atoms with Crippen LogP contribution in [0.4, 0.5) is 0 Å². The van der Waals surface area contributed by atoms with Crippen molar-refractivity contribution in [1.29, 1.82) is 0 Å². The first-order valence-corrected chi connectivity index (χ1v) is 13.5. The van der Waals surface area contributed by atoms with Crippen molar-refractivity contribution in [1.82, 2.24) is 8.75 Å². The van der Waals surface area contributed by atoms with E-state index in [-0.39, 0.29) is 30.3 Å². The summed E-state index contributed by atoms with van der Waals surface area (Å²) >= 11 is 1.07. The fraction of sp³-hybridized carbons (Fsp3) is 0.267. The first-order valence-electron chi connectivity index (χ1n) is 12.8. The van der Waals surface area contributed by atoms with Crippen LogP contribution in [0, 0.1) is 0 Å². The summed E-state index contributed by atoms with van der Waals surface area (Å²) in [5.74, 6) is -1.93. The average molecular weight is 577 g/mol. The standard InChI is InChI=1S/C30H28N2O8S/c1-17(2)39-21-10-7-20(8-11-21)30(35)23(13-18-5-9-22(36-3)15-26(18)38-16-27(33)37-4)28(29(34)40-30)19-6-12-24-25(14-19)32-41-31-24/h5-12,14-15,17,35H,13,16H2,1-4H3. The Labute approximate surface area is 240 Å². The van der Waals surface area contributed by atoms with E-state index in [0.717, 1.165) is 11.7 Å². The molecule has 3 aromatic carbocycles. The summed E-state index contributed by atoms with van der Waals surface area (Å²) in [6.45, 7) is 3.49. The minimum Gasteiger partial charge on any atom is -0.497 e. The zero-order valence-electron chi connectivity index (χ0n) is 22.9. The summed E-state index contributed by atoms with van der Waals surface area (Å²) in [4.78, 5) is 25.3. The fourth-order valence-corrected chi connectivity index (χ4v) is 5.09. The molecule has 0 saturated heterocycles. The number of nitrogens with zero attached hydrogens (tertiary/aromatic N) is 2. The Hall–Kier alpha value is -4.48. The normalized spacial score (nSPS) is 16.7. The summed E-state index contributed by atoms with van der Waals surface area (Å²) in [6, 6.07) is 17.1. The highest BCUT2D eigenvalue weighted by Gasteiger charge is 2.48. The van der Waals surface area contributed by atoms with Gasteiger partial charge < -0.3 is 28.8 Å². The van der Waals surface area contributed by atoms with Crippen LogP contribution in [0.2, 0.25) is 0 Å². The van der Waals surface area contributed by atoms with Gasteiger partial charge in [-0.1, -0.05) is 12.1 Å². The molecule has 10 nitrogen and oxygen atoms in total. The van der Waals surface area contributed by atoms with Gasteiger partial charge in [0.15, 0.2) is 6.61 Å². The molecule has 2 heterocycles. The monoisotopic (exact) mass is 576 g/mol. The van der Waals surface area contributed by atoms with Gasteiger partial charge in [-0.15, -0.1) is 0 Å². The van der Waals surface area contributed by atoms with Crippen molar-refractivity contribution in [2.24, 2.45) is 0 Å². The van der Waals surface area contributed by atoms with Crippen LogP contribution in [0.3, 0.4) is 0 Å².